The minimum atomic E-state index is -0.0356. The summed E-state index contributed by atoms with van der Waals surface area (Å²) in [4.78, 5) is 7.06. The van der Waals surface area contributed by atoms with Crippen molar-refractivity contribution in [2.45, 2.75) is 39.2 Å². The van der Waals surface area contributed by atoms with Crippen molar-refractivity contribution in [2.24, 2.45) is 0 Å². The smallest absolute Gasteiger partial charge is 0.125 e. The predicted octanol–water partition coefficient (Wildman–Crippen LogP) is 3.98. The highest BCUT2D eigenvalue weighted by molar-refractivity contribution is 5.57. The molecule has 3 heterocycles. The van der Waals surface area contributed by atoms with Gasteiger partial charge in [-0.25, -0.2) is 0 Å². The molecule has 0 saturated carbocycles. The lowest BCUT2D eigenvalue weighted by Gasteiger charge is -2.32. The second-order valence-electron chi connectivity index (χ2n) is 8.08. The van der Waals surface area contributed by atoms with Gasteiger partial charge < -0.3 is 14.2 Å². The van der Waals surface area contributed by atoms with Crippen molar-refractivity contribution < 1.29 is 14.2 Å². The Labute approximate surface area is 183 Å². The molecule has 1 atom stereocenters. The third-order valence-corrected chi connectivity index (χ3v) is 5.27. The van der Waals surface area contributed by atoms with Gasteiger partial charge in [0.2, 0.25) is 0 Å². The standard InChI is InChI=1S/C24H30N4O3/c1-17(2)31-23-7-4-18(12-20(23)16-29-3)14-28-10-11-30-24(15-28)22-6-5-19(13-25-22)21-8-9-26-27-21/h4-9,12-13,17,24H,10-11,14-16H2,1-3H3,(H,26,27)/t24-/m1/s1. The lowest BCUT2D eigenvalue weighted by Crippen LogP contribution is -2.38. The lowest BCUT2D eigenvalue weighted by molar-refractivity contribution is -0.0350. The highest BCUT2D eigenvalue weighted by Gasteiger charge is 2.23. The first-order valence-corrected chi connectivity index (χ1v) is 10.7. The van der Waals surface area contributed by atoms with Gasteiger partial charge in [-0.05, 0) is 49.7 Å². The zero-order valence-electron chi connectivity index (χ0n) is 18.4. The van der Waals surface area contributed by atoms with E-state index in [4.69, 9.17) is 14.2 Å². The summed E-state index contributed by atoms with van der Waals surface area (Å²) in [6.07, 6.45) is 3.71. The molecule has 0 amide bonds. The molecule has 1 saturated heterocycles. The maximum Gasteiger partial charge on any atom is 0.125 e. The van der Waals surface area contributed by atoms with Gasteiger partial charge >= 0.3 is 0 Å². The number of hydrogen-bond donors (Lipinski definition) is 1. The Bertz CT molecular complexity index is 957. The van der Waals surface area contributed by atoms with Crippen LogP contribution in [0.1, 0.15) is 36.8 Å². The second kappa shape index (κ2) is 10.0. The van der Waals surface area contributed by atoms with Gasteiger partial charge in [0.15, 0.2) is 0 Å². The molecule has 4 rings (SSSR count). The first-order chi connectivity index (χ1) is 15.1. The molecule has 31 heavy (non-hydrogen) atoms. The number of ether oxygens (including phenoxy) is 3. The number of aromatic nitrogens is 3. The number of H-pyrrole nitrogens is 1. The Morgan fingerprint density at radius 2 is 2.13 bits per heavy atom. The molecule has 2 aromatic heterocycles. The van der Waals surface area contributed by atoms with Crippen LogP contribution in [0.25, 0.3) is 11.3 Å². The van der Waals surface area contributed by atoms with E-state index in [2.05, 4.69) is 44.3 Å². The van der Waals surface area contributed by atoms with Crippen LogP contribution in [0.2, 0.25) is 0 Å². The SMILES string of the molecule is COCc1cc(CN2CCO[C@@H](c3ccc(-c4ccn[nH]4)cn3)C2)ccc1OC(C)C. The zero-order valence-corrected chi connectivity index (χ0v) is 18.4. The highest BCUT2D eigenvalue weighted by atomic mass is 16.5. The Morgan fingerprint density at radius 1 is 1.23 bits per heavy atom. The maximum absolute atomic E-state index is 6.02. The summed E-state index contributed by atoms with van der Waals surface area (Å²) < 4.78 is 17.3. The summed E-state index contributed by atoms with van der Waals surface area (Å²) in [6.45, 7) is 7.85. The lowest BCUT2D eigenvalue weighted by atomic mass is 10.1. The molecule has 0 spiro atoms. The van der Waals surface area contributed by atoms with E-state index in [-0.39, 0.29) is 12.2 Å². The molecule has 1 N–H and O–H groups in total. The van der Waals surface area contributed by atoms with E-state index in [1.807, 2.05) is 32.2 Å². The van der Waals surface area contributed by atoms with Crippen LogP contribution in [-0.2, 0) is 22.6 Å². The van der Waals surface area contributed by atoms with Gasteiger partial charge in [-0.1, -0.05) is 6.07 Å². The average Bonchev–Trinajstić information content (AvgIpc) is 3.31. The van der Waals surface area contributed by atoms with Crippen molar-refractivity contribution in [2.75, 3.05) is 26.8 Å². The molecule has 1 aromatic carbocycles. The molecular formula is C24H30N4O3. The van der Waals surface area contributed by atoms with E-state index < -0.39 is 0 Å². The topological polar surface area (TPSA) is 72.5 Å². The first kappa shape index (κ1) is 21.5. The second-order valence-corrected chi connectivity index (χ2v) is 8.08. The van der Waals surface area contributed by atoms with E-state index in [1.165, 1.54) is 5.56 Å². The van der Waals surface area contributed by atoms with Crippen LogP contribution >= 0.6 is 0 Å². The largest absolute Gasteiger partial charge is 0.491 e. The highest BCUT2D eigenvalue weighted by Crippen LogP contribution is 2.26. The number of nitrogens with one attached hydrogen (secondary N) is 1. The van der Waals surface area contributed by atoms with E-state index >= 15 is 0 Å². The van der Waals surface area contributed by atoms with Crippen molar-refractivity contribution in [3.05, 3.63) is 65.6 Å². The van der Waals surface area contributed by atoms with E-state index in [0.29, 0.717) is 13.2 Å². The zero-order chi connectivity index (χ0) is 21.6. The van der Waals surface area contributed by atoms with Crippen LogP contribution in [0.15, 0.2) is 48.8 Å². The number of aromatic amines is 1. The molecule has 0 unspecified atom stereocenters. The molecule has 1 aliphatic rings. The van der Waals surface area contributed by atoms with Crippen LogP contribution in [0, 0.1) is 0 Å². The molecule has 3 aromatic rings. The normalized spacial score (nSPS) is 17.2. The Morgan fingerprint density at radius 3 is 2.84 bits per heavy atom. The molecule has 0 radical (unpaired) electrons. The Balaban J connectivity index is 1.42. The number of pyridine rings is 1. The van der Waals surface area contributed by atoms with Crippen molar-refractivity contribution in [3.8, 4) is 17.0 Å². The summed E-state index contributed by atoms with van der Waals surface area (Å²) in [5, 5.41) is 6.97. The maximum atomic E-state index is 6.02. The van der Waals surface area contributed by atoms with E-state index in [9.17, 15) is 0 Å². The van der Waals surface area contributed by atoms with Gasteiger partial charge in [-0.2, -0.15) is 5.10 Å². The summed E-state index contributed by atoms with van der Waals surface area (Å²) >= 11 is 0. The molecule has 164 valence electrons. The number of benzene rings is 1. The van der Waals surface area contributed by atoms with Crippen molar-refractivity contribution in [1.29, 1.82) is 0 Å². The molecule has 7 heteroatoms. The Hall–Kier alpha value is -2.74. The van der Waals surface area contributed by atoms with E-state index in [1.54, 1.807) is 13.3 Å². The van der Waals surface area contributed by atoms with Gasteiger partial charge in [0.25, 0.3) is 0 Å². The summed E-state index contributed by atoms with van der Waals surface area (Å²) in [5.74, 6) is 0.891. The van der Waals surface area contributed by atoms with Gasteiger partial charge in [0, 0.05) is 50.3 Å². The van der Waals surface area contributed by atoms with Crippen molar-refractivity contribution in [3.63, 3.8) is 0 Å². The molecule has 1 fully saturated rings. The van der Waals surface area contributed by atoms with Gasteiger partial charge in [-0.3, -0.25) is 15.0 Å². The summed E-state index contributed by atoms with van der Waals surface area (Å²) in [6, 6.07) is 12.4. The molecule has 7 nitrogen and oxygen atoms in total. The van der Waals surface area contributed by atoms with Gasteiger partial charge in [0.05, 0.1) is 30.7 Å². The third-order valence-electron chi connectivity index (χ3n) is 5.27. The minimum Gasteiger partial charge on any atom is -0.491 e. The number of rotatable bonds is 8. The molecule has 0 bridgehead atoms. The summed E-state index contributed by atoms with van der Waals surface area (Å²) in [5.41, 5.74) is 5.25. The monoisotopic (exact) mass is 422 g/mol. The molecule has 0 aliphatic carbocycles. The van der Waals surface area contributed by atoms with Crippen LogP contribution < -0.4 is 4.74 Å². The molecular weight excluding hydrogens is 392 g/mol. The van der Waals surface area contributed by atoms with Gasteiger partial charge in [-0.15, -0.1) is 0 Å². The number of morpholine rings is 1. The first-order valence-electron chi connectivity index (χ1n) is 10.7. The third kappa shape index (κ3) is 5.50. The minimum absolute atomic E-state index is 0.0356. The average molecular weight is 423 g/mol. The van der Waals surface area contributed by atoms with Crippen molar-refractivity contribution in [1.82, 2.24) is 20.1 Å². The van der Waals surface area contributed by atoms with Gasteiger partial charge in [0.1, 0.15) is 11.9 Å². The Kier molecular flexibility index (Phi) is 6.96. The number of methoxy groups -OCH3 is 1. The summed E-state index contributed by atoms with van der Waals surface area (Å²) in [7, 11) is 1.71. The van der Waals surface area contributed by atoms with Crippen LogP contribution in [0.5, 0.6) is 5.75 Å². The van der Waals surface area contributed by atoms with Crippen LogP contribution in [-0.4, -0.2) is 53.0 Å². The quantitative estimate of drug-likeness (QED) is 0.592. The van der Waals surface area contributed by atoms with Crippen LogP contribution in [0.4, 0.5) is 0 Å². The fourth-order valence-electron chi connectivity index (χ4n) is 3.82. The van der Waals surface area contributed by atoms with Crippen LogP contribution in [0.3, 0.4) is 0 Å². The van der Waals surface area contributed by atoms with Crippen molar-refractivity contribution >= 4 is 0 Å². The number of nitrogens with zero attached hydrogens (tertiary/aromatic N) is 3. The fourth-order valence-corrected chi connectivity index (χ4v) is 3.82. The fraction of sp³-hybridized carbons (Fsp3) is 0.417. The number of hydrogen-bond acceptors (Lipinski definition) is 6. The molecule has 1 aliphatic heterocycles. The predicted molar refractivity (Wildman–Crippen MR) is 119 cm³/mol. The van der Waals surface area contributed by atoms with E-state index in [0.717, 1.165) is 47.9 Å².